The molecule has 0 atom stereocenters. The molecule has 0 aliphatic carbocycles. The van der Waals surface area contributed by atoms with Crippen LogP contribution in [0.4, 0.5) is 22.0 Å². The fraction of sp³-hybridized carbons (Fsp3) is 0.238. The maximum absolute atomic E-state index is 12.5. The highest BCUT2D eigenvalue weighted by atomic mass is 19.4. The molecule has 0 aromatic heterocycles. The molecule has 0 unspecified atom stereocenters. The number of alkyl halides is 5. The van der Waals surface area contributed by atoms with Crippen LogP contribution in [-0.4, -0.2) is 49.5 Å². The van der Waals surface area contributed by atoms with Gasteiger partial charge in [0.2, 0.25) is 0 Å². The van der Waals surface area contributed by atoms with Gasteiger partial charge in [0.1, 0.15) is 23.8 Å². The van der Waals surface area contributed by atoms with E-state index in [1.165, 1.54) is 42.5 Å². The molecule has 2 aromatic carbocycles. The molecule has 2 rings (SSSR count). The van der Waals surface area contributed by atoms with Crippen molar-refractivity contribution >= 4 is 17.9 Å². The van der Waals surface area contributed by atoms with E-state index in [2.05, 4.69) is 15.4 Å². The van der Waals surface area contributed by atoms with Crippen LogP contribution in [0, 0.1) is 0 Å². The summed E-state index contributed by atoms with van der Waals surface area (Å²) in [5.41, 5.74) is 0.0971. The zero-order valence-electron chi connectivity index (χ0n) is 16.9. The van der Waals surface area contributed by atoms with E-state index in [0.29, 0.717) is 0 Å². The normalized spacial score (nSPS) is 11.8. The van der Waals surface area contributed by atoms with Gasteiger partial charge >= 0.3 is 6.36 Å². The van der Waals surface area contributed by atoms with E-state index in [4.69, 9.17) is 9.84 Å². The number of halogens is 5. The Morgan fingerprint density at radius 2 is 1.61 bits per heavy atom. The predicted octanol–water partition coefficient (Wildman–Crippen LogP) is 3.11. The molecule has 0 radical (unpaired) electrons. The van der Waals surface area contributed by atoms with Crippen LogP contribution >= 0.6 is 0 Å². The van der Waals surface area contributed by atoms with E-state index in [0.717, 1.165) is 12.1 Å². The lowest BCUT2D eigenvalue weighted by atomic mass is 10.1. The summed E-state index contributed by atoms with van der Waals surface area (Å²) in [4.78, 5) is 24.9. The first kappa shape index (κ1) is 25.6. The number of aliphatic hydroxyl groups excluding tert-OH is 1. The molecule has 0 spiro atoms. The van der Waals surface area contributed by atoms with Crippen LogP contribution in [0.3, 0.4) is 0 Å². The van der Waals surface area contributed by atoms with Gasteiger partial charge in [0.25, 0.3) is 18.2 Å². The van der Waals surface area contributed by atoms with Crippen molar-refractivity contribution in [1.29, 1.82) is 0 Å². The van der Waals surface area contributed by atoms with Gasteiger partial charge in [-0.2, -0.15) is 0 Å². The van der Waals surface area contributed by atoms with Gasteiger partial charge in [-0.1, -0.05) is 12.1 Å². The Morgan fingerprint density at radius 1 is 1.00 bits per heavy atom. The van der Waals surface area contributed by atoms with Gasteiger partial charge in [-0.05, 0) is 48.0 Å². The third-order valence-corrected chi connectivity index (χ3v) is 3.81. The summed E-state index contributed by atoms with van der Waals surface area (Å²) in [6.07, 6.45) is -6.31. The molecular weight excluding hydrogens is 455 g/mol. The van der Waals surface area contributed by atoms with Gasteiger partial charge in [-0.25, -0.2) is 8.78 Å². The lowest BCUT2D eigenvalue weighted by Gasteiger charge is -2.12. The molecule has 0 saturated carbocycles. The second-order valence-corrected chi connectivity index (χ2v) is 6.33. The Labute approximate surface area is 184 Å². The first-order valence-electron chi connectivity index (χ1n) is 9.36. The number of carbonyl (C=O) groups is 2. The van der Waals surface area contributed by atoms with Crippen molar-refractivity contribution in [3.8, 4) is 11.5 Å². The summed E-state index contributed by atoms with van der Waals surface area (Å²) >= 11 is 0. The number of rotatable bonds is 10. The topological polar surface area (TPSA) is 96.9 Å². The van der Waals surface area contributed by atoms with E-state index in [9.17, 15) is 31.5 Å². The minimum absolute atomic E-state index is 0.0779. The van der Waals surface area contributed by atoms with Crippen LogP contribution in [0.15, 0.2) is 54.2 Å². The number of benzene rings is 2. The number of aliphatic hydroxyl groups is 1. The van der Waals surface area contributed by atoms with Crippen molar-refractivity contribution in [3.63, 3.8) is 0 Å². The number of hydrogen-bond acceptors (Lipinski definition) is 5. The van der Waals surface area contributed by atoms with Gasteiger partial charge < -0.3 is 25.2 Å². The van der Waals surface area contributed by atoms with Crippen molar-refractivity contribution in [2.45, 2.75) is 12.8 Å². The highest BCUT2D eigenvalue weighted by Gasteiger charge is 2.30. The number of ether oxygens (including phenoxy) is 2. The molecule has 0 aliphatic rings. The average molecular weight is 474 g/mol. The molecule has 178 valence electrons. The Kier molecular flexibility index (Phi) is 9.16. The number of nitrogens with one attached hydrogen (secondary N) is 2. The van der Waals surface area contributed by atoms with Crippen LogP contribution in [0.2, 0.25) is 0 Å². The van der Waals surface area contributed by atoms with Crippen molar-refractivity contribution in [3.05, 3.63) is 65.4 Å². The maximum atomic E-state index is 12.5. The maximum Gasteiger partial charge on any atom is 0.573 e. The number of hydrogen-bond donors (Lipinski definition) is 3. The van der Waals surface area contributed by atoms with Crippen molar-refractivity contribution < 1.29 is 46.1 Å². The zero-order chi connectivity index (χ0) is 24.4. The van der Waals surface area contributed by atoms with Crippen molar-refractivity contribution in [2.75, 3.05) is 19.8 Å². The molecule has 7 nitrogen and oxygen atoms in total. The minimum Gasteiger partial charge on any atom is -0.488 e. The highest BCUT2D eigenvalue weighted by Crippen LogP contribution is 2.23. The fourth-order valence-corrected chi connectivity index (χ4v) is 2.41. The molecule has 0 aliphatic heterocycles. The Morgan fingerprint density at radius 3 is 2.15 bits per heavy atom. The molecule has 12 heteroatoms. The standard InChI is InChI=1S/C21H19F5N2O5/c22-18(23)12-32-15-7-3-14(4-8-15)19(30)28-17(20(31)27-9-10-29)11-13-1-5-16(6-2-13)33-21(24,25)26/h1-8,11,18,29H,9-10,12H2,(H,27,31)(H,28,30). The first-order chi connectivity index (χ1) is 15.6. The lowest BCUT2D eigenvalue weighted by molar-refractivity contribution is -0.274. The van der Waals surface area contributed by atoms with E-state index in [1.807, 2.05) is 0 Å². The van der Waals surface area contributed by atoms with Crippen molar-refractivity contribution in [1.82, 2.24) is 10.6 Å². The van der Waals surface area contributed by atoms with Crippen LogP contribution in [0.25, 0.3) is 6.08 Å². The summed E-state index contributed by atoms with van der Waals surface area (Å²) < 4.78 is 69.9. The predicted molar refractivity (Wildman–Crippen MR) is 107 cm³/mol. The van der Waals surface area contributed by atoms with Gasteiger partial charge in [-0.15, -0.1) is 13.2 Å². The van der Waals surface area contributed by atoms with E-state index >= 15 is 0 Å². The van der Waals surface area contributed by atoms with Crippen LogP contribution in [-0.2, 0) is 4.79 Å². The number of carbonyl (C=O) groups excluding carboxylic acids is 2. The molecule has 0 saturated heterocycles. The van der Waals surface area contributed by atoms with Gasteiger partial charge in [0.15, 0.2) is 0 Å². The second kappa shape index (κ2) is 11.8. The molecule has 33 heavy (non-hydrogen) atoms. The zero-order valence-corrected chi connectivity index (χ0v) is 16.9. The Hall–Kier alpha value is -3.67. The quantitative estimate of drug-likeness (QED) is 0.363. The lowest BCUT2D eigenvalue weighted by Crippen LogP contribution is -2.36. The Balaban J connectivity index is 2.18. The molecule has 0 bridgehead atoms. The van der Waals surface area contributed by atoms with Gasteiger partial charge in [-0.3, -0.25) is 9.59 Å². The summed E-state index contributed by atoms with van der Waals surface area (Å²) in [5.74, 6) is -1.84. The minimum atomic E-state index is -4.86. The van der Waals surface area contributed by atoms with Crippen LogP contribution in [0.5, 0.6) is 11.5 Å². The molecule has 3 N–H and O–H groups in total. The van der Waals surface area contributed by atoms with Crippen LogP contribution in [0.1, 0.15) is 15.9 Å². The summed E-state index contributed by atoms with van der Waals surface area (Å²) in [7, 11) is 0. The number of amides is 2. The van der Waals surface area contributed by atoms with Gasteiger partial charge in [0.05, 0.1) is 6.61 Å². The summed E-state index contributed by atoms with van der Waals surface area (Å²) in [5, 5.41) is 13.6. The first-order valence-corrected chi connectivity index (χ1v) is 9.36. The highest BCUT2D eigenvalue weighted by molar-refractivity contribution is 6.05. The van der Waals surface area contributed by atoms with E-state index in [1.54, 1.807) is 0 Å². The second-order valence-electron chi connectivity index (χ2n) is 6.33. The monoisotopic (exact) mass is 474 g/mol. The SMILES string of the molecule is O=C(NCCO)C(=Cc1ccc(OC(F)(F)F)cc1)NC(=O)c1ccc(OCC(F)F)cc1. The molecule has 0 fully saturated rings. The van der Waals surface area contributed by atoms with Crippen LogP contribution < -0.4 is 20.1 Å². The molecule has 2 aromatic rings. The molecule has 0 heterocycles. The third-order valence-electron chi connectivity index (χ3n) is 3.81. The smallest absolute Gasteiger partial charge is 0.488 e. The fourth-order valence-electron chi connectivity index (χ4n) is 2.41. The molecule has 2 amide bonds. The van der Waals surface area contributed by atoms with E-state index in [-0.39, 0.29) is 35.7 Å². The van der Waals surface area contributed by atoms with E-state index < -0.39 is 37.0 Å². The average Bonchev–Trinajstić information content (AvgIpc) is 2.76. The Bertz CT molecular complexity index is 961. The molecular formula is C21H19F5N2O5. The summed E-state index contributed by atoms with van der Waals surface area (Å²) in [6, 6.07) is 9.72. The largest absolute Gasteiger partial charge is 0.573 e. The third kappa shape index (κ3) is 9.15. The summed E-state index contributed by atoms with van der Waals surface area (Å²) in [6.45, 7) is -1.28. The van der Waals surface area contributed by atoms with Crippen molar-refractivity contribution in [2.24, 2.45) is 0 Å². The van der Waals surface area contributed by atoms with Gasteiger partial charge in [0, 0.05) is 12.1 Å².